The number of nitrogens with zero attached hydrogens (tertiary/aromatic N) is 1. The van der Waals surface area contributed by atoms with Gasteiger partial charge in [0.1, 0.15) is 16.9 Å². The molecule has 0 saturated carbocycles. The average molecular weight is 261 g/mol. The fraction of sp³-hybridized carbons (Fsp3) is 0.286. The molecule has 2 aromatic rings. The highest BCUT2D eigenvalue weighted by Crippen LogP contribution is 2.41. The normalized spacial score (nSPS) is 19.2. The molecule has 3 nitrogen and oxygen atoms in total. The van der Waals surface area contributed by atoms with E-state index in [9.17, 15) is 0 Å². The predicted molar refractivity (Wildman–Crippen MR) is 74.2 cm³/mol. The van der Waals surface area contributed by atoms with Crippen molar-refractivity contribution in [2.24, 2.45) is 0 Å². The highest BCUT2D eigenvalue weighted by molar-refractivity contribution is 7.99. The Morgan fingerprint density at radius 3 is 2.78 bits per heavy atom. The molecule has 4 heteroatoms. The van der Waals surface area contributed by atoms with E-state index in [-0.39, 0.29) is 5.37 Å². The molecule has 1 atom stereocenters. The Morgan fingerprint density at radius 2 is 2.11 bits per heavy atom. The average Bonchev–Trinajstić information content (AvgIpc) is 3.09. The lowest BCUT2D eigenvalue weighted by Gasteiger charge is -2.24. The second-order valence-corrected chi connectivity index (χ2v) is 5.32. The van der Waals surface area contributed by atoms with Crippen LogP contribution in [-0.4, -0.2) is 19.4 Å². The van der Waals surface area contributed by atoms with Gasteiger partial charge in [0.2, 0.25) is 0 Å². The maximum atomic E-state index is 5.53. The lowest BCUT2D eigenvalue weighted by molar-refractivity contribution is 0.415. The highest BCUT2D eigenvalue weighted by atomic mass is 32.2. The Labute approximate surface area is 111 Å². The third-order valence-electron chi connectivity index (χ3n) is 3.08. The van der Waals surface area contributed by atoms with Crippen LogP contribution >= 0.6 is 11.8 Å². The Bertz CT molecular complexity index is 495. The molecule has 2 heterocycles. The van der Waals surface area contributed by atoms with Gasteiger partial charge in [0.15, 0.2) is 0 Å². The molecular formula is C14H15NO2S. The third-order valence-corrected chi connectivity index (χ3v) is 4.30. The van der Waals surface area contributed by atoms with Crippen LogP contribution in [0, 0.1) is 0 Å². The van der Waals surface area contributed by atoms with E-state index in [0.717, 1.165) is 23.8 Å². The van der Waals surface area contributed by atoms with Crippen molar-refractivity contribution < 1.29 is 9.15 Å². The van der Waals surface area contributed by atoms with E-state index >= 15 is 0 Å². The van der Waals surface area contributed by atoms with Crippen molar-refractivity contribution in [2.75, 3.05) is 24.3 Å². The highest BCUT2D eigenvalue weighted by Gasteiger charge is 2.28. The van der Waals surface area contributed by atoms with E-state index in [0.29, 0.717) is 0 Å². The molecule has 0 bridgehead atoms. The minimum atomic E-state index is 0.286. The first-order valence-electron chi connectivity index (χ1n) is 5.94. The second-order valence-electron chi connectivity index (χ2n) is 4.13. The van der Waals surface area contributed by atoms with E-state index < -0.39 is 0 Å². The van der Waals surface area contributed by atoms with Crippen LogP contribution in [0.3, 0.4) is 0 Å². The van der Waals surface area contributed by atoms with Crippen LogP contribution in [0.25, 0.3) is 0 Å². The number of hydrogen-bond acceptors (Lipinski definition) is 4. The molecule has 1 saturated heterocycles. The quantitative estimate of drug-likeness (QED) is 0.844. The predicted octanol–water partition coefficient (Wildman–Crippen LogP) is 3.54. The Balaban J connectivity index is 1.85. The minimum absolute atomic E-state index is 0.286. The summed E-state index contributed by atoms with van der Waals surface area (Å²) in [6, 6.07) is 12.2. The molecule has 0 N–H and O–H groups in total. The molecule has 1 aliphatic heterocycles. The second kappa shape index (κ2) is 4.98. The summed E-state index contributed by atoms with van der Waals surface area (Å²) in [5, 5.41) is 0.286. The third kappa shape index (κ3) is 2.08. The Hall–Kier alpha value is -1.55. The fourth-order valence-corrected chi connectivity index (χ4v) is 3.41. The summed E-state index contributed by atoms with van der Waals surface area (Å²) in [4.78, 5) is 2.36. The van der Waals surface area contributed by atoms with Gasteiger partial charge in [-0.15, -0.1) is 11.8 Å². The molecule has 0 amide bonds. The fourth-order valence-electron chi connectivity index (χ4n) is 2.18. The molecule has 0 aliphatic carbocycles. The number of anilines is 1. The maximum Gasteiger partial charge on any atom is 0.136 e. The standard InChI is InChI=1S/C14H15NO2S/c1-16-12-6-4-11(5-7-12)15-8-10-18-14(15)13-3-2-9-17-13/h2-7,9,14H,8,10H2,1H3/t14-/m0/s1. The number of rotatable bonds is 3. The molecule has 3 rings (SSSR count). The van der Waals surface area contributed by atoms with Crippen LogP contribution in [0.4, 0.5) is 5.69 Å². The molecule has 1 aliphatic rings. The molecule has 0 spiro atoms. The van der Waals surface area contributed by atoms with Gasteiger partial charge in [0.05, 0.1) is 13.4 Å². The molecule has 0 radical (unpaired) electrons. The zero-order valence-electron chi connectivity index (χ0n) is 10.2. The number of thioether (sulfide) groups is 1. The van der Waals surface area contributed by atoms with Crippen LogP contribution in [0.2, 0.25) is 0 Å². The zero-order chi connectivity index (χ0) is 12.4. The molecule has 0 unspecified atom stereocenters. The van der Waals surface area contributed by atoms with Gasteiger partial charge >= 0.3 is 0 Å². The SMILES string of the molecule is COc1ccc(N2CCS[C@H]2c2ccco2)cc1. The first-order chi connectivity index (χ1) is 8.88. The first-order valence-corrected chi connectivity index (χ1v) is 6.99. The summed E-state index contributed by atoms with van der Waals surface area (Å²) in [7, 11) is 1.69. The van der Waals surface area contributed by atoms with E-state index in [1.807, 2.05) is 36.0 Å². The van der Waals surface area contributed by atoms with Gasteiger partial charge in [-0.05, 0) is 36.4 Å². The van der Waals surface area contributed by atoms with Crippen molar-refractivity contribution in [3.63, 3.8) is 0 Å². The maximum absolute atomic E-state index is 5.53. The van der Waals surface area contributed by atoms with Crippen LogP contribution in [0.1, 0.15) is 11.1 Å². The Kier molecular flexibility index (Phi) is 3.19. The van der Waals surface area contributed by atoms with Crippen molar-refractivity contribution >= 4 is 17.4 Å². The van der Waals surface area contributed by atoms with Gasteiger partial charge in [-0.3, -0.25) is 0 Å². The number of ether oxygens (including phenoxy) is 1. The minimum Gasteiger partial charge on any atom is -0.497 e. The van der Waals surface area contributed by atoms with Crippen molar-refractivity contribution in [1.82, 2.24) is 0 Å². The summed E-state index contributed by atoms with van der Waals surface area (Å²) in [5.41, 5.74) is 1.21. The van der Waals surface area contributed by atoms with Crippen molar-refractivity contribution in [1.29, 1.82) is 0 Å². The number of furan rings is 1. The van der Waals surface area contributed by atoms with E-state index in [4.69, 9.17) is 9.15 Å². The lowest BCUT2D eigenvalue weighted by atomic mass is 10.2. The van der Waals surface area contributed by atoms with E-state index in [1.165, 1.54) is 5.69 Å². The van der Waals surface area contributed by atoms with Crippen LogP contribution in [-0.2, 0) is 0 Å². The summed E-state index contributed by atoms with van der Waals surface area (Å²) < 4.78 is 10.7. The van der Waals surface area contributed by atoms with E-state index in [1.54, 1.807) is 13.4 Å². The van der Waals surface area contributed by atoms with Gasteiger partial charge in [-0.2, -0.15) is 0 Å². The first kappa shape index (κ1) is 11.5. The van der Waals surface area contributed by atoms with Crippen molar-refractivity contribution in [3.05, 3.63) is 48.4 Å². The van der Waals surface area contributed by atoms with Gasteiger partial charge in [-0.25, -0.2) is 0 Å². The van der Waals surface area contributed by atoms with E-state index in [2.05, 4.69) is 17.0 Å². The van der Waals surface area contributed by atoms with Gasteiger partial charge in [0, 0.05) is 18.0 Å². The molecular weight excluding hydrogens is 246 g/mol. The van der Waals surface area contributed by atoms with Crippen molar-refractivity contribution in [2.45, 2.75) is 5.37 Å². The summed E-state index contributed by atoms with van der Waals surface area (Å²) in [5.74, 6) is 3.03. The smallest absolute Gasteiger partial charge is 0.136 e. The molecule has 1 aromatic carbocycles. The molecule has 1 aromatic heterocycles. The van der Waals surface area contributed by atoms with Gasteiger partial charge in [0.25, 0.3) is 0 Å². The molecule has 94 valence electrons. The number of methoxy groups -OCH3 is 1. The van der Waals surface area contributed by atoms with Gasteiger partial charge in [-0.1, -0.05) is 0 Å². The largest absolute Gasteiger partial charge is 0.497 e. The summed E-state index contributed by atoms with van der Waals surface area (Å²) in [6.45, 7) is 1.04. The lowest BCUT2D eigenvalue weighted by Crippen LogP contribution is -2.21. The van der Waals surface area contributed by atoms with Crippen molar-refractivity contribution in [3.8, 4) is 5.75 Å². The monoisotopic (exact) mass is 261 g/mol. The van der Waals surface area contributed by atoms with Crippen LogP contribution in [0.15, 0.2) is 47.1 Å². The molecule has 1 fully saturated rings. The topological polar surface area (TPSA) is 25.6 Å². The number of hydrogen-bond donors (Lipinski definition) is 0. The summed E-state index contributed by atoms with van der Waals surface area (Å²) in [6.07, 6.45) is 1.74. The van der Waals surface area contributed by atoms with Crippen LogP contribution < -0.4 is 9.64 Å². The van der Waals surface area contributed by atoms with Gasteiger partial charge < -0.3 is 14.1 Å². The molecule has 18 heavy (non-hydrogen) atoms. The Morgan fingerprint density at radius 1 is 1.28 bits per heavy atom. The summed E-state index contributed by atoms with van der Waals surface area (Å²) >= 11 is 1.91. The number of benzene rings is 1. The zero-order valence-corrected chi connectivity index (χ0v) is 11.0. The van der Waals surface area contributed by atoms with Crippen LogP contribution in [0.5, 0.6) is 5.75 Å².